The Hall–Kier alpha value is -1.16. The van der Waals surface area contributed by atoms with Gasteiger partial charge in [-0.15, -0.1) is 0 Å². The van der Waals surface area contributed by atoms with Crippen molar-refractivity contribution in [1.82, 2.24) is 4.98 Å². The average molecular weight is 296 g/mol. The van der Waals surface area contributed by atoms with E-state index in [4.69, 9.17) is 4.74 Å². The van der Waals surface area contributed by atoms with Crippen molar-refractivity contribution in [2.24, 2.45) is 5.92 Å². The van der Waals surface area contributed by atoms with E-state index in [1.165, 1.54) is 6.20 Å². The number of nitrogens with zero attached hydrogens (tertiary/aromatic N) is 1. The van der Waals surface area contributed by atoms with Crippen LogP contribution in [0.25, 0.3) is 0 Å². The molecule has 90 valence electrons. The molecule has 1 atom stereocenters. The van der Waals surface area contributed by atoms with Gasteiger partial charge in [0.1, 0.15) is 0 Å². The van der Waals surface area contributed by atoms with Gasteiger partial charge in [-0.2, -0.15) is 0 Å². The monoisotopic (exact) mass is 295 g/mol. The fraction of sp³-hybridized carbons (Fsp3) is 0.385. The number of pyridine rings is 1. The van der Waals surface area contributed by atoms with Crippen molar-refractivity contribution in [2.75, 3.05) is 6.61 Å². The van der Waals surface area contributed by atoms with Crippen molar-refractivity contribution in [3.63, 3.8) is 0 Å². The Morgan fingerprint density at radius 1 is 1.47 bits per heavy atom. The summed E-state index contributed by atoms with van der Waals surface area (Å²) in [6.07, 6.45) is 10.7. The molecule has 4 heteroatoms. The molecule has 1 aromatic rings. The van der Waals surface area contributed by atoms with Gasteiger partial charge >= 0.3 is 5.97 Å². The highest BCUT2D eigenvalue weighted by Crippen LogP contribution is 2.19. The van der Waals surface area contributed by atoms with Crippen LogP contribution in [-0.4, -0.2) is 17.6 Å². The number of halogens is 1. The molecule has 17 heavy (non-hydrogen) atoms. The predicted molar refractivity (Wildman–Crippen MR) is 68.7 cm³/mol. The van der Waals surface area contributed by atoms with Crippen LogP contribution in [-0.2, 0) is 4.74 Å². The minimum atomic E-state index is -0.298. The molecule has 0 radical (unpaired) electrons. The van der Waals surface area contributed by atoms with E-state index >= 15 is 0 Å². The second-order valence-corrected chi connectivity index (χ2v) is 5.06. The van der Waals surface area contributed by atoms with E-state index in [0.29, 0.717) is 18.1 Å². The van der Waals surface area contributed by atoms with Gasteiger partial charge in [-0.05, 0) is 47.2 Å². The zero-order valence-corrected chi connectivity index (χ0v) is 11.0. The maximum absolute atomic E-state index is 11.7. The standard InChI is InChI=1S/C13H14BrNO2/c14-12-6-11(7-15-8-12)13(16)17-9-10-4-2-1-3-5-10/h1-2,6-8,10H,3-5,9H2. The van der Waals surface area contributed by atoms with E-state index in [1.807, 2.05) is 0 Å². The molecule has 1 aromatic heterocycles. The van der Waals surface area contributed by atoms with Gasteiger partial charge in [-0.25, -0.2) is 4.79 Å². The molecule has 0 saturated heterocycles. The maximum atomic E-state index is 11.7. The van der Waals surface area contributed by atoms with Crippen LogP contribution in [0.5, 0.6) is 0 Å². The zero-order valence-electron chi connectivity index (χ0n) is 9.43. The largest absolute Gasteiger partial charge is 0.462 e. The summed E-state index contributed by atoms with van der Waals surface area (Å²) in [5.41, 5.74) is 0.491. The second kappa shape index (κ2) is 5.96. The molecule has 0 bridgehead atoms. The van der Waals surface area contributed by atoms with Crippen LogP contribution in [0, 0.1) is 5.92 Å². The molecule has 1 unspecified atom stereocenters. The fourth-order valence-corrected chi connectivity index (χ4v) is 2.17. The Bertz CT molecular complexity index is 431. The van der Waals surface area contributed by atoms with Crippen molar-refractivity contribution in [2.45, 2.75) is 19.3 Å². The first-order valence-electron chi connectivity index (χ1n) is 5.68. The average Bonchev–Trinajstić information content (AvgIpc) is 2.37. The molecular formula is C13H14BrNO2. The van der Waals surface area contributed by atoms with Crippen molar-refractivity contribution < 1.29 is 9.53 Å². The van der Waals surface area contributed by atoms with Crippen molar-refractivity contribution in [1.29, 1.82) is 0 Å². The van der Waals surface area contributed by atoms with Gasteiger partial charge in [0.05, 0.1) is 12.2 Å². The van der Waals surface area contributed by atoms with Crippen molar-refractivity contribution in [3.8, 4) is 0 Å². The molecule has 0 saturated carbocycles. The number of esters is 1. The highest BCUT2D eigenvalue weighted by molar-refractivity contribution is 9.10. The quantitative estimate of drug-likeness (QED) is 0.634. The van der Waals surface area contributed by atoms with Crippen LogP contribution in [0.1, 0.15) is 29.6 Å². The highest BCUT2D eigenvalue weighted by Gasteiger charge is 2.14. The summed E-state index contributed by atoms with van der Waals surface area (Å²) in [5, 5.41) is 0. The first kappa shape index (κ1) is 12.3. The molecule has 0 amide bonds. The first-order chi connectivity index (χ1) is 8.25. The Labute approximate surface area is 109 Å². The third kappa shape index (κ3) is 3.66. The number of aromatic nitrogens is 1. The normalized spacial score (nSPS) is 19.0. The molecule has 0 spiro atoms. The van der Waals surface area contributed by atoms with Crippen molar-refractivity contribution >= 4 is 21.9 Å². The summed E-state index contributed by atoms with van der Waals surface area (Å²) < 4.78 is 6.07. The number of ether oxygens (including phenoxy) is 1. The smallest absolute Gasteiger partial charge is 0.339 e. The van der Waals surface area contributed by atoms with Crippen LogP contribution >= 0.6 is 15.9 Å². The van der Waals surface area contributed by atoms with E-state index in [1.54, 1.807) is 12.3 Å². The summed E-state index contributed by atoms with van der Waals surface area (Å²) in [6, 6.07) is 1.72. The Balaban J connectivity index is 1.87. The lowest BCUT2D eigenvalue weighted by Gasteiger charge is -2.17. The molecule has 1 heterocycles. The fourth-order valence-electron chi connectivity index (χ4n) is 1.81. The van der Waals surface area contributed by atoms with E-state index in [0.717, 1.165) is 23.7 Å². The topological polar surface area (TPSA) is 39.2 Å². The molecule has 2 rings (SSSR count). The minimum Gasteiger partial charge on any atom is -0.462 e. The number of hydrogen-bond acceptors (Lipinski definition) is 3. The third-order valence-corrected chi connectivity index (χ3v) is 3.20. The molecule has 0 aromatic carbocycles. The molecule has 1 aliphatic rings. The van der Waals surface area contributed by atoms with Gasteiger partial charge in [-0.3, -0.25) is 4.98 Å². The number of carbonyl (C=O) groups is 1. The lowest BCUT2D eigenvalue weighted by atomic mass is 9.95. The van der Waals surface area contributed by atoms with Crippen LogP contribution in [0.2, 0.25) is 0 Å². The van der Waals surface area contributed by atoms with Gasteiger partial charge in [-0.1, -0.05) is 12.2 Å². The zero-order chi connectivity index (χ0) is 12.1. The summed E-state index contributed by atoms with van der Waals surface area (Å²) >= 11 is 3.28. The molecule has 1 aliphatic carbocycles. The Morgan fingerprint density at radius 2 is 2.35 bits per heavy atom. The van der Waals surface area contributed by atoms with Gasteiger partial charge in [0.15, 0.2) is 0 Å². The van der Waals surface area contributed by atoms with E-state index in [2.05, 4.69) is 33.1 Å². The summed E-state index contributed by atoms with van der Waals surface area (Å²) in [4.78, 5) is 15.7. The van der Waals surface area contributed by atoms with E-state index < -0.39 is 0 Å². The van der Waals surface area contributed by atoms with Crippen LogP contribution in [0.3, 0.4) is 0 Å². The molecule has 0 aliphatic heterocycles. The Morgan fingerprint density at radius 3 is 3.06 bits per heavy atom. The SMILES string of the molecule is O=C(OCC1CC=CCC1)c1cncc(Br)c1. The molecule has 0 N–H and O–H groups in total. The van der Waals surface area contributed by atoms with Gasteiger partial charge in [0.25, 0.3) is 0 Å². The maximum Gasteiger partial charge on any atom is 0.339 e. The van der Waals surface area contributed by atoms with Gasteiger partial charge in [0, 0.05) is 16.9 Å². The minimum absolute atomic E-state index is 0.298. The third-order valence-electron chi connectivity index (χ3n) is 2.77. The summed E-state index contributed by atoms with van der Waals surface area (Å²) in [6.45, 7) is 0.496. The lowest BCUT2D eigenvalue weighted by Crippen LogP contribution is -2.15. The number of rotatable bonds is 3. The van der Waals surface area contributed by atoms with Crippen LogP contribution in [0.4, 0.5) is 0 Å². The lowest BCUT2D eigenvalue weighted by molar-refractivity contribution is 0.0431. The molecule has 0 fully saturated rings. The number of carbonyl (C=O) groups excluding carboxylic acids is 1. The second-order valence-electron chi connectivity index (χ2n) is 4.14. The van der Waals surface area contributed by atoms with E-state index in [-0.39, 0.29) is 5.97 Å². The predicted octanol–water partition coefficient (Wildman–Crippen LogP) is 3.36. The van der Waals surface area contributed by atoms with Crippen LogP contribution < -0.4 is 0 Å². The van der Waals surface area contributed by atoms with Gasteiger partial charge in [0.2, 0.25) is 0 Å². The van der Waals surface area contributed by atoms with Crippen molar-refractivity contribution in [3.05, 3.63) is 40.6 Å². The summed E-state index contributed by atoms with van der Waals surface area (Å²) in [5.74, 6) is 0.164. The van der Waals surface area contributed by atoms with E-state index in [9.17, 15) is 4.79 Å². The Kier molecular flexibility index (Phi) is 4.31. The highest BCUT2D eigenvalue weighted by atomic mass is 79.9. The number of allylic oxidation sites excluding steroid dienone is 2. The molecule has 3 nitrogen and oxygen atoms in total. The van der Waals surface area contributed by atoms with Gasteiger partial charge < -0.3 is 4.74 Å². The van der Waals surface area contributed by atoms with Crippen LogP contribution in [0.15, 0.2) is 35.1 Å². The summed E-state index contributed by atoms with van der Waals surface area (Å²) in [7, 11) is 0. The molecular weight excluding hydrogens is 282 g/mol. The number of hydrogen-bond donors (Lipinski definition) is 0. The first-order valence-corrected chi connectivity index (χ1v) is 6.47.